The zero-order valence-electron chi connectivity index (χ0n) is 47.9. The second-order valence-electron chi connectivity index (χ2n) is 18.9. The van der Waals surface area contributed by atoms with E-state index in [0.717, 1.165) is 98.6 Å². The average molecular weight is 1390 g/mol. The summed E-state index contributed by atoms with van der Waals surface area (Å²) in [5.41, 5.74) is 29.5. The van der Waals surface area contributed by atoms with E-state index in [1.165, 1.54) is 6.07 Å². The van der Waals surface area contributed by atoms with Crippen molar-refractivity contribution in [1.29, 1.82) is 5.53 Å². The summed E-state index contributed by atoms with van der Waals surface area (Å²) in [6, 6.07) is 2.38. The third-order valence-electron chi connectivity index (χ3n) is 13.8. The molecule has 2 spiro atoms. The van der Waals surface area contributed by atoms with Crippen LogP contribution in [0.5, 0.6) is 0 Å². The fraction of sp³-hybridized carbons (Fsp3) is 0.476. The van der Waals surface area contributed by atoms with Crippen molar-refractivity contribution in [3.63, 3.8) is 0 Å². The molecule has 10 heterocycles. The molecular formula is C42H55BrF6N37NaO2S2. The maximum Gasteiger partial charge on any atom is 1.00 e. The zero-order chi connectivity index (χ0) is 65.5. The number of imidazole rings is 2. The van der Waals surface area contributed by atoms with Gasteiger partial charge in [0.25, 0.3) is 0 Å². The first kappa shape index (κ1) is 73.3. The number of piperidine rings is 2. The smallest absolute Gasteiger partial charge is 0.779 e. The fourth-order valence-corrected chi connectivity index (χ4v) is 11.1. The Labute approximate surface area is 549 Å². The number of aromatic nitrogens is 8. The molecule has 0 aliphatic carbocycles. The molecule has 4 aliphatic rings. The first-order valence-electron chi connectivity index (χ1n) is 25.6. The number of nitrogens with zero attached hydrogens (tertiary/aromatic N) is 29. The first-order chi connectivity index (χ1) is 43.0. The minimum absolute atomic E-state index is 0. The Morgan fingerprint density at radius 1 is 0.571 bits per heavy atom. The summed E-state index contributed by atoms with van der Waals surface area (Å²) >= 11 is 8.87. The van der Waals surface area contributed by atoms with Crippen LogP contribution < -0.4 is 79.8 Å². The van der Waals surface area contributed by atoms with Gasteiger partial charge in [0.1, 0.15) is 11.6 Å². The molecule has 10 rings (SSSR count). The maximum atomic E-state index is 13.5. The number of ether oxygens (including phenoxy) is 2. The Kier molecular flexibility index (Phi) is 28.0. The first-order valence-corrected chi connectivity index (χ1v) is 27.7. The number of pyridine rings is 2. The second-order valence-corrected chi connectivity index (χ2v) is 21.3. The van der Waals surface area contributed by atoms with Crippen LogP contribution in [0.15, 0.2) is 180 Å². The van der Waals surface area contributed by atoms with Gasteiger partial charge in [0, 0.05) is 104 Å². The summed E-state index contributed by atoms with van der Waals surface area (Å²) in [6.45, 7) is 8.97. The van der Waals surface area contributed by atoms with Gasteiger partial charge in [0.2, 0.25) is 11.9 Å². The van der Waals surface area contributed by atoms with E-state index in [0.29, 0.717) is 29.3 Å². The summed E-state index contributed by atoms with van der Waals surface area (Å²) in [7, 11) is 0. The Balaban J connectivity index is 0.000000224. The van der Waals surface area contributed by atoms with Crippen molar-refractivity contribution in [2.75, 3.05) is 60.7 Å². The molecule has 482 valence electrons. The number of nitrogen functional groups attached to an aromatic ring is 2. The summed E-state index contributed by atoms with van der Waals surface area (Å²) in [4.78, 5) is 29.5. The molecule has 4 saturated heterocycles. The van der Waals surface area contributed by atoms with Gasteiger partial charge >= 0.3 is 41.9 Å². The van der Waals surface area contributed by atoms with Crippen LogP contribution in [0.3, 0.4) is 0 Å². The zero-order valence-corrected chi connectivity index (χ0v) is 53.2. The standard InChI is InChI=1S/C21H24F3N7OS.C15H20BrN5O.C6H5F3N2S.H4N12.H3N11.Na/c1-12-17(26)20(11-32-12)2-5-30(6-3-20)19-29-10-15(18-27-4-7-31(18)19)33-14-8-16(25)28-9-13(14)21(22,23)24;1-10-12(17)15(9-22-10)2-5-20(6-3-15)14-19-8-11(16)13-18-4-7-21(13)14;7-6(8,9)3-2-11-5(10)1-4(3)12;1-3-5-7-9-11-12-10-8-6-4-2;1-3-5-7-9-11-10-8-6-4-2;/h4,7-10,12,17H,2-3,5-6,11,26H2,1H3,(H2,25,28);4,7-8,10,12H,2-3,5-6,9,17H2,1H3;1-2H,(H3,10,11,12);(H2,1,4,5,8,9,12)(H2,2,3,6,7,10,11);(H3,1,2,5,6,9,10);/q;;;;;+1/p-1/t12-,17+;10-,12+;;;;/m00..../s1. The van der Waals surface area contributed by atoms with Gasteiger partial charge in [-0.1, -0.05) is 27.4 Å². The Morgan fingerprint density at radius 2 is 0.967 bits per heavy atom. The molecule has 0 saturated carbocycles. The van der Waals surface area contributed by atoms with E-state index >= 15 is 0 Å². The van der Waals surface area contributed by atoms with Crippen LogP contribution in [0.2, 0.25) is 0 Å². The number of nitrogens with one attached hydrogen (secondary N) is 1. The van der Waals surface area contributed by atoms with Crippen LogP contribution in [-0.4, -0.2) is 102 Å². The number of fused-ring (bicyclic) bond motifs is 2. The molecule has 91 heavy (non-hydrogen) atoms. The number of halogens is 7. The predicted molar refractivity (Wildman–Crippen MR) is 307 cm³/mol. The SMILES string of the molecule is C[C@@H]1OCC2(CCN(c3ncc(Br)c4nccn34)CC2)[C@@H]1N.C[C@@H]1OCC2(CCN(c3ncc(Sc4cc(N)ncc4C(F)(F)F)c4nccn34)CC2)[C@@H]1N.N/N=N/N=N/N=N/N=N/N=N/N.N=N/N=N/N=N/N=N/N=N/N.Nc1cc([S-])c(C(F)(F)F)cn1.[Na+]. The summed E-state index contributed by atoms with van der Waals surface area (Å²) in [6.07, 6.45) is 7.02. The van der Waals surface area contributed by atoms with Crippen molar-refractivity contribution in [2.45, 2.75) is 90.9 Å². The number of hydrogen-bond acceptors (Lipinski definition) is 20. The average Bonchev–Trinajstić information content (AvgIpc) is 1.74. The monoisotopic (exact) mass is 1390 g/mol. The number of anilines is 4. The molecule has 0 amide bonds. The molecule has 6 aromatic rings. The molecule has 49 heteroatoms. The van der Waals surface area contributed by atoms with Gasteiger partial charge in [0.05, 0.1) is 45.9 Å². The molecule has 0 radical (unpaired) electrons. The molecule has 0 aromatic carbocycles. The van der Waals surface area contributed by atoms with Gasteiger partial charge in [-0.15, -0.1) is 0 Å². The minimum atomic E-state index is -4.55. The van der Waals surface area contributed by atoms with Gasteiger partial charge in [-0.25, -0.2) is 29.9 Å². The summed E-state index contributed by atoms with van der Waals surface area (Å²) < 4.78 is 92.9. The Bertz CT molecular complexity index is 3570. The van der Waals surface area contributed by atoms with Crippen molar-refractivity contribution >= 4 is 75.1 Å². The molecule has 4 aliphatic heterocycles. The van der Waals surface area contributed by atoms with E-state index in [4.69, 9.17) is 37.9 Å². The van der Waals surface area contributed by atoms with Gasteiger partial charge < -0.3 is 72.4 Å². The van der Waals surface area contributed by atoms with Crippen LogP contribution in [0.4, 0.5) is 49.9 Å². The molecule has 0 unspecified atom stereocenters. The van der Waals surface area contributed by atoms with E-state index in [2.05, 4.69) is 192 Å². The van der Waals surface area contributed by atoms with E-state index < -0.39 is 23.5 Å². The minimum Gasteiger partial charge on any atom is -0.779 e. The van der Waals surface area contributed by atoms with Crippen LogP contribution >= 0.6 is 27.7 Å². The number of nitrogens with two attached hydrogens (primary N) is 7. The molecule has 0 bridgehead atoms. The van der Waals surface area contributed by atoms with Gasteiger partial charge in [0.15, 0.2) is 11.3 Å². The topological polar surface area (TPSA) is 552 Å². The van der Waals surface area contributed by atoms with Gasteiger partial charge in [-0.3, -0.25) is 8.80 Å². The van der Waals surface area contributed by atoms with Gasteiger partial charge in [-0.2, -0.15) is 36.8 Å². The van der Waals surface area contributed by atoms with Crippen LogP contribution in [-0.2, 0) is 34.5 Å². The summed E-state index contributed by atoms with van der Waals surface area (Å²) in [5.74, 6) is 15.3. The van der Waals surface area contributed by atoms with E-state index in [1.807, 2.05) is 28.1 Å². The maximum absolute atomic E-state index is 13.5. The van der Waals surface area contributed by atoms with Crippen molar-refractivity contribution in [3.05, 3.63) is 77.3 Å². The van der Waals surface area contributed by atoms with E-state index in [1.54, 1.807) is 24.8 Å². The van der Waals surface area contributed by atoms with Crippen LogP contribution in [0.25, 0.3) is 11.3 Å². The second kappa shape index (κ2) is 34.7. The number of alkyl halides is 6. The molecule has 4 atom stereocenters. The number of hydrogen-bond donors (Lipinski definition) is 8. The fourth-order valence-electron chi connectivity index (χ4n) is 9.37. The molecule has 15 N–H and O–H groups in total. The Morgan fingerprint density at radius 3 is 1.37 bits per heavy atom. The third kappa shape index (κ3) is 20.1. The van der Waals surface area contributed by atoms with Crippen molar-refractivity contribution in [2.24, 2.45) is 139 Å². The predicted octanol–water partition coefficient (Wildman–Crippen LogP) is 5.64. The van der Waals surface area contributed by atoms with Crippen LogP contribution in [0, 0.1) is 16.4 Å². The normalized spacial score (nSPS) is 19.9. The molecule has 6 aromatic heterocycles. The van der Waals surface area contributed by atoms with E-state index in [-0.39, 0.29) is 86.1 Å². The molecule has 4 fully saturated rings. The quantitative estimate of drug-likeness (QED) is 0.0183. The largest absolute Gasteiger partial charge is 1.00 e. The third-order valence-corrected chi connectivity index (χ3v) is 15.8. The number of rotatable bonds is 12. The Hall–Kier alpha value is -8.39. The van der Waals surface area contributed by atoms with Crippen molar-refractivity contribution in [1.82, 2.24) is 38.7 Å². The van der Waals surface area contributed by atoms with Crippen molar-refractivity contribution in [3.8, 4) is 0 Å². The van der Waals surface area contributed by atoms with Crippen LogP contribution in [0.1, 0.15) is 50.7 Å². The molecule has 39 nitrogen and oxygen atoms in total. The van der Waals surface area contributed by atoms with Crippen molar-refractivity contribution < 1.29 is 65.4 Å². The summed E-state index contributed by atoms with van der Waals surface area (Å²) in [5, 5.41) is 54.2. The van der Waals surface area contributed by atoms with Gasteiger partial charge in [-0.05, 0) is 151 Å². The molecular weight excluding hydrogens is 1340 g/mol. The van der Waals surface area contributed by atoms with E-state index in [9.17, 15) is 26.3 Å².